The maximum absolute atomic E-state index is 11.2. The first-order chi connectivity index (χ1) is 8.13. The van der Waals surface area contributed by atoms with Gasteiger partial charge in [-0.25, -0.2) is 4.84 Å². The van der Waals surface area contributed by atoms with Gasteiger partial charge in [0.25, 0.3) is 0 Å². The maximum Gasteiger partial charge on any atom is 0.248 e. The molecule has 1 unspecified atom stereocenters. The van der Waals surface area contributed by atoms with Crippen LogP contribution in [0.4, 0.5) is 0 Å². The van der Waals surface area contributed by atoms with Gasteiger partial charge in [-0.15, -0.1) is 0 Å². The molecule has 6 heteroatoms. The number of H-pyrrole nitrogens is 1. The Balaban J connectivity index is 2.66. The molecule has 2 aromatic rings. The van der Waals surface area contributed by atoms with Crippen molar-refractivity contribution in [3.63, 3.8) is 0 Å². The number of aromatic hydroxyl groups is 1. The van der Waals surface area contributed by atoms with Crippen molar-refractivity contribution < 1.29 is 10.2 Å². The van der Waals surface area contributed by atoms with E-state index in [1.165, 1.54) is 12.1 Å². The van der Waals surface area contributed by atoms with Gasteiger partial charge in [-0.05, 0) is 29.5 Å². The SMILES string of the molecule is O=c1ccc2c(C(O)CNCl)ccc(O)c2[nH]1. The van der Waals surface area contributed by atoms with Crippen LogP contribution < -0.4 is 10.4 Å². The molecule has 0 aliphatic carbocycles. The van der Waals surface area contributed by atoms with Gasteiger partial charge in [0.2, 0.25) is 5.56 Å². The number of aromatic nitrogens is 1. The van der Waals surface area contributed by atoms with Crippen molar-refractivity contribution in [2.45, 2.75) is 6.10 Å². The van der Waals surface area contributed by atoms with E-state index >= 15 is 0 Å². The van der Waals surface area contributed by atoms with Gasteiger partial charge in [-0.1, -0.05) is 6.07 Å². The first-order valence-electron chi connectivity index (χ1n) is 5.00. The molecular weight excluding hydrogens is 244 g/mol. The fourth-order valence-corrected chi connectivity index (χ4v) is 1.88. The van der Waals surface area contributed by atoms with Crippen molar-refractivity contribution in [1.82, 2.24) is 9.82 Å². The van der Waals surface area contributed by atoms with Gasteiger partial charge in [0, 0.05) is 18.0 Å². The third-order valence-corrected chi connectivity index (χ3v) is 2.69. The van der Waals surface area contributed by atoms with E-state index in [0.717, 1.165) is 0 Å². The molecule has 0 saturated heterocycles. The molecule has 0 radical (unpaired) electrons. The van der Waals surface area contributed by atoms with Crippen LogP contribution in [0.3, 0.4) is 0 Å². The second kappa shape index (κ2) is 4.75. The number of aliphatic hydroxyl groups is 1. The van der Waals surface area contributed by atoms with Crippen molar-refractivity contribution in [2.75, 3.05) is 6.54 Å². The normalized spacial score (nSPS) is 12.8. The Kier molecular flexibility index (Phi) is 3.33. The average molecular weight is 255 g/mol. The third kappa shape index (κ3) is 2.26. The third-order valence-electron chi connectivity index (χ3n) is 2.54. The fraction of sp³-hybridized carbons (Fsp3) is 0.182. The van der Waals surface area contributed by atoms with Gasteiger partial charge < -0.3 is 15.2 Å². The standard InChI is InChI=1S/C11H11ClN2O3/c12-13-5-9(16)6-1-3-8(15)11-7(6)2-4-10(17)14-11/h1-4,9,13,15-16H,5H2,(H,14,17). The number of hydrogen-bond acceptors (Lipinski definition) is 4. The number of rotatable bonds is 3. The second-order valence-electron chi connectivity index (χ2n) is 3.64. The smallest absolute Gasteiger partial charge is 0.248 e. The summed E-state index contributed by atoms with van der Waals surface area (Å²) in [4.78, 5) is 16.0. The molecule has 0 fully saturated rings. The van der Waals surface area contributed by atoms with E-state index in [4.69, 9.17) is 11.8 Å². The van der Waals surface area contributed by atoms with E-state index in [1.54, 1.807) is 12.1 Å². The Morgan fingerprint density at radius 3 is 2.82 bits per heavy atom. The van der Waals surface area contributed by atoms with E-state index in [0.29, 0.717) is 16.5 Å². The molecule has 0 spiro atoms. The van der Waals surface area contributed by atoms with Crippen molar-refractivity contribution >= 4 is 22.7 Å². The molecule has 1 aromatic carbocycles. The summed E-state index contributed by atoms with van der Waals surface area (Å²) in [6.07, 6.45) is -0.818. The van der Waals surface area contributed by atoms with Gasteiger partial charge in [-0.3, -0.25) is 4.79 Å². The zero-order valence-electron chi connectivity index (χ0n) is 8.77. The Bertz CT molecular complexity index is 597. The summed E-state index contributed by atoms with van der Waals surface area (Å²) in [6, 6.07) is 5.91. The van der Waals surface area contributed by atoms with E-state index < -0.39 is 6.10 Å². The Morgan fingerprint density at radius 2 is 2.12 bits per heavy atom. The number of aromatic amines is 1. The number of aliphatic hydroxyl groups excluding tert-OH is 1. The molecule has 2 rings (SSSR count). The summed E-state index contributed by atoms with van der Waals surface area (Å²) in [7, 11) is 0. The molecule has 1 aromatic heterocycles. The lowest BCUT2D eigenvalue weighted by molar-refractivity contribution is 0.184. The minimum Gasteiger partial charge on any atom is -0.506 e. The lowest BCUT2D eigenvalue weighted by atomic mass is 10.0. The fourth-order valence-electron chi connectivity index (χ4n) is 1.73. The van der Waals surface area contributed by atoms with Crippen LogP contribution >= 0.6 is 11.8 Å². The highest BCUT2D eigenvalue weighted by Gasteiger charge is 2.13. The molecule has 0 saturated carbocycles. The van der Waals surface area contributed by atoms with Crippen LogP contribution in [-0.4, -0.2) is 21.7 Å². The number of pyridine rings is 1. The van der Waals surface area contributed by atoms with E-state index in [2.05, 4.69) is 9.82 Å². The van der Waals surface area contributed by atoms with E-state index in [1.807, 2.05) is 0 Å². The number of phenols is 1. The first kappa shape index (κ1) is 11.9. The number of benzene rings is 1. The van der Waals surface area contributed by atoms with Crippen LogP contribution in [0.5, 0.6) is 5.75 Å². The van der Waals surface area contributed by atoms with Crippen molar-refractivity contribution in [1.29, 1.82) is 0 Å². The molecule has 0 amide bonds. The molecule has 1 atom stereocenters. The summed E-state index contributed by atoms with van der Waals surface area (Å²) < 4.78 is 0. The first-order valence-corrected chi connectivity index (χ1v) is 5.37. The van der Waals surface area contributed by atoms with Crippen LogP contribution in [0, 0.1) is 0 Å². The zero-order chi connectivity index (χ0) is 12.4. The Hall–Kier alpha value is -1.56. The molecule has 0 bridgehead atoms. The lowest BCUT2D eigenvalue weighted by Gasteiger charge is -2.13. The van der Waals surface area contributed by atoms with Crippen LogP contribution in [-0.2, 0) is 0 Å². The molecular formula is C11H11ClN2O3. The van der Waals surface area contributed by atoms with Crippen LogP contribution in [0.2, 0.25) is 0 Å². The highest BCUT2D eigenvalue weighted by Crippen LogP contribution is 2.28. The molecule has 1 heterocycles. The zero-order valence-corrected chi connectivity index (χ0v) is 9.53. The van der Waals surface area contributed by atoms with E-state index in [9.17, 15) is 15.0 Å². The molecule has 0 aliphatic heterocycles. The highest BCUT2D eigenvalue weighted by atomic mass is 35.5. The number of hydrogen-bond donors (Lipinski definition) is 4. The predicted octanol–water partition coefficient (Wildman–Crippen LogP) is 1.01. The van der Waals surface area contributed by atoms with Crippen molar-refractivity contribution in [2.24, 2.45) is 0 Å². The molecule has 4 N–H and O–H groups in total. The number of nitrogens with one attached hydrogen (secondary N) is 2. The van der Waals surface area contributed by atoms with Gasteiger partial charge >= 0.3 is 0 Å². The maximum atomic E-state index is 11.2. The van der Waals surface area contributed by atoms with E-state index in [-0.39, 0.29) is 17.9 Å². The molecule has 5 nitrogen and oxygen atoms in total. The molecule has 17 heavy (non-hydrogen) atoms. The molecule has 90 valence electrons. The minimum atomic E-state index is -0.818. The van der Waals surface area contributed by atoms with Gasteiger partial charge in [-0.2, -0.15) is 0 Å². The predicted molar refractivity (Wildman–Crippen MR) is 65.0 cm³/mol. The summed E-state index contributed by atoms with van der Waals surface area (Å²) in [5, 5.41) is 20.1. The summed E-state index contributed by atoms with van der Waals surface area (Å²) in [6.45, 7) is 0.167. The van der Waals surface area contributed by atoms with Gasteiger partial charge in [0.1, 0.15) is 5.75 Å². The monoisotopic (exact) mass is 254 g/mol. The van der Waals surface area contributed by atoms with Crippen molar-refractivity contribution in [3.05, 3.63) is 40.2 Å². The summed E-state index contributed by atoms with van der Waals surface area (Å²) in [5.74, 6) is -0.0347. The number of fused-ring (bicyclic) bond motifs is 1. The quantitative estimate of drug-likeness (QED) is 0.616. The Morgan fingerprint density at radius 1 is 1.35 bits per heavy atom. The van der Waals surface area contributed by atoms with Crippen LogP contribution in [0.15, 0.2) is 29.1 Å². The number of phenolic OH excluding ortho intramolecular Hbond substituents is 1. The van der Waals surface area contributed by atoms with Gasteiger partial charge in [0.15, 0.2) is 0 Å². The van der Waals surface area contributed by atoms with Gasteiger partial charge in [0.05, 0.1) is 11.6 Å². The highest BCUT2D eigenvalue weighted by molar-refractivity contribution is 6.13. The summed E-state index contributed by atoms with van der Waals surface area (Å²) in [5.41, 5.74) is 0.584. The lowest BCUT2D eigenvalue weighted by Crippen LogP contribution is -2.13. The minimum absolute atomic E-state index is 0.0347. The van der Waals surface area contributed by atoms with Crippen molar-refractivity contribution in [3.8, 4) is 5.75 Å². The molecule has 0 aliphatic rings. The second-order valence-corrected chi connectivity index (χ2v) is 3.91. The topological polar surface area (TPSA) is 85.3 Å². The average Bonchev–Trinajstić information content (AvgIpc) is 2.30. The van der Waals surface area contributed by atoms with Crippen LogP contribution in [0.25, 0.3) is 10.9 Å². The summed E-state index contributed by atoms with van der Waals surface area (Å²) >= 11 is 5.34. The number of halogens is 1. The Labute approximate surface area is 102 Å². The van der Waals surface area contributed by atoms with Crippen LogP contribution in [0.1, 0.15) is 11.7 Å². The largest absolute Gasteiger partial charge is 0.506 e.